The van der Waals surface area contributed by atoms with Crippen molar-refractivity contribution in [2.24, 2.45) is 0 Å². The number of rotatable bonds is 6. The summed E-state index contributed by atoms with van der Waals surface area (Å²) >= 11 is 0. The van der Waals surface area contributed by atoms with Gasteiger partial charge in [0.25, 0.3) is 0 Å². The molecule has 1 aromatic rings. The van der Waals surface area contributed by atoms with Crippen LogP contribution in [0.15, 0.2) is 18.7 Å². The second-order valence-electron chi connectivity index (χ2n) is 6.10. The molecule has 1 saturated heterocycles. The zero-order valence-corrected chi connectivity index (χ0v) is 15.9. The van der Waals surface area contributed by atoms with Gasteiger partial charge in [0.1, 0.15) is 12.7 Å². The van der Waals surface area contributed by atoms with Crippen LogP contribution in [0.25, 0.3) is 0 Å². The summed E-state index contributed by atoms with van der Waals surface area (Å²) in [4.78, 5) is 50.1. The van der Waals surface area contributed by atoms with Crippen molar-refractivity contribution >= 4 is 23.9 Å². The molecule has 0 aromatic carbocycles. The third-order valence-corrected chi connectivity index (χ3v) is 3.79. The van der Waals surface area contributed by atoms with Crippen LogP contribution in [0.3, 0.4) is 0 Å². The molecule has 2 rings (SSSR count). The van der Waals surface area contributed by atoms with Gasteiger partial charge in [-0.3, -0.25) is 19.2 Å². The summed E-state index contributed by atoms with van der Waals surface area (Å²) in [6.45, 7) is 4.45. The fourth-order valence-electron chi connectivity index (χ4n) is 2.87. The third kappa shape index (κ3) is 5.52. The van der Waals surface area contributed by atoms with Crippen molar-refractivity contribution in [3.05, 3.63) is 18.7 Å². The molecule has 0 aliphatic carbocycles. The monoisotopic (exact) mass is 398 g/mol. The Bertz CT molecular complexity index is 718. The van der Waals surface area contributed by atoms with Gasteiger partial charge in [-0.25, -0.2) is 4.98 Å². The fraction of sp³-hybridized carbons (Fsp3) is 0.588. The number of nitrogens with zero attached hydrogens (tertiary/aromatic N) is 2. The van der Waals surface area contributed by atoms with Crippen LogP contribution in [-0.4, -0.2) is 64.5 Å². The normalized spacial score (nSPS) is 26.8. The SMILES string of the molecule is CC(=O)OC[C@H]1OC(n2ccnc2)[C@H](OC(C)=O)[C@@H](OC(C)=O)[C@@H]1OC(C)=O. The molecule has 0 radical (unpaired) electrons. The van der Waals surface area contributed by atoms with E-state index in [0.717, 1.165) is 6.92 Å². The Morgan fingerprint density at radius 3 is 1.96 bits per heavy atom. The van der Waals surface area contributed by atoms with E-state index in [2.05, 4.69) is 4.98 Å². The number of aromatic nitrogens is 2. The molecular formula is C17H22N2O9. The number of imidazole rings is 1. The van der Waals surface area contributed by atoms with E-state index in [-0.39, 0.29) is 6.61 Å². The van der Waals surface area contributed by atoms with Gasteiger partial charge >= 0.3 is 23.9 Å². The molecule has 11 heteroatoms. The molecule has 0 N–H and O–H groups in total. The number of carbonyl (C=O) groups excluding carboxylic acids is 4. The molecule has 0 spiro atoms. The van der Waals surface area contributed by atoms with E-state index in [0.29, 0.717) is 0 Å². The van der Waals surface area contributed by atoms with E-state index in [4.69, 9.17) is 23.7 Å². The van der Waals surface area contributed by atoms with Crippen molar-refractivity contribution in [3.63, 3.8) is 0 Å². The molecule has 28 heavy (non-hydrogen) atoms. The Morgan fingerprint density at radius 1 is 0.893 bits per heavy atom. The average molecular weight is 398 g/mol. The molecule has 0 amide bonds. The highest BCUT2D eigenvalue weighted by Crippen LogP contribution is 2.34. The fourth-order valence-corrected chi connectivity index (χ4v) is 2.87. The van der Waals surface area contributed by atoms with Crippen LogP contribution in [0.5, 0.6) is 0 Å². The highest BCUT2D eigenvalue weighted by atomic mass is 16.7. The van der Waals surface area contributed by atoms with Crippen LogP contribution in [0, 0.1) is 0 Å². The molecule has 1 fully saturated rings. The number of hydrogen-bond donors (Lipinski definition) is 0. The lowest BCUT2D eigenvalue weighted by Crippen LogP contribution is -2.60. The highest BCUT2D eigenvalue weighted by molar-refractivity contribution is 5.68. The molecule has 0 saturated carbocycles. The van der Waals surface area contributed by atoms with Crippen LogP contribution >= 0.6 is 0 Å². The Kier molecular flexibility index (Phi) is 7.10. The minimum absolute atomic E-state index is 0.275. The minimum Gasteiger partial charge on any atom is -0.463 e. The highest BCUT2D eigenvalue weighted by Gasteiger charge is 2.52. The van der Waals surface area contributed by atoms with Crippen molar-refractivity contribution in [1.29, 1.82) is 0 Å². The zero-order valence-electron chi connectivity index (χ0n) is 15.9. The molecule has 1 aromatic heterocycles. The summed E-state index contributed by atoms with van der Waals surface area (Å²) in [5.41, 5.74) is 0. The Labute approximate surface area is 160 Å². The van der Waals surface area contributed by atoms with Gasteiger partial charge in [0.2, 0.25) is 0 Å². The van der Waals surface area contributed by atoms with Gasteiger partial charge in [-0.1, -0.05) is 0 Å². The van der Waals surface area contributed by atoms with Gasteiger partial charge < -0.3 is 28.3 Å². The quantitative estimate of drug-likeness (QED) is 0.481. The lowest BCUT2D eigenvalue weighted by atomic mass is 9.97. The van der Waals surface area contributed by atoms with E-state index in [1.54, 1.807) is 6.20 Å². The molecule has 0 bridgehead atoms. The van der Waals surface area contributed by atoms with Crippen LogP contribution < -0.4 is 0 Å². The largest absolute Gasteiger partial charge is 0.463 e. The lowest BCUT2D eigenvalue weighted by Gasteiger charge is -2.44. The van der Waals surface area contributed by atoms with E-state index in [9.17, 15) is 19.2 Å². The van der Waals surface area contributed by atoms with Crippen molar-refractivity contribution < 1.29 is 42.9 Å². The summed E-state index contributed by atoms with van der Waals surface area (Å²) in [5, 5.41) is 0. The van der Waals surface area contributed by atoms with Crippen molar-refractivity contribution in [3.8, 4) is 0 Å². The second kappa shape index (κ2) is 9.31. The van der Waals surface area contributed by atoms with Gasteiger partial charge in [0, 0.05) is 40.1 Å². The predicted molar refractivity (Wildman–Crippen MR) is 89.4 cm³/mol. The first kappa shape index (κ1) is 21.4. The maximum absolute atomic E-state index is 11.7. The van der Waals surface area contributed by atoms with E-state index in [1.165, 1.54) is 37.9 Å². The summed E-state index contributed by atoms with van der Waals surface area (Å²) < 4.78 is 28.4. The molecule has 154 valence electrons. The molecule has 1 unspecified atom stereocenters. The zero-order chi connectivity index (χ0) is 20.8. The smallest absolute Gasteiger partial charge is 0.303 e. The first-order valence-corrected chi connectivity index (χ1v) is 8.47. The van der Waals surface area contributed by atoms with Crippen molar-refractivity contribution in [2.75, 3.05) is 6.61 Å². The second-order valence-corrected chi connectivity index (χ2v) is 6.10. The molecule has 11 nitrogen and oxygen atoms in total. The van der Waals surface area contributed by atoms with Gasteiger partial charge in [0.15, 0.2) is 24.5 Å². The average Bonchev–Trinajstić information content (AvgIpc) is 3.09. The maximum atomic E-state index is 11.7. The van der Waals surface area contributed by atoms with Gasteiger partial charge in [-0.2, -0.15) is 0 Å². The number of carbonyl (C=O) groups is 4. The number of hydrogen-bond acceptors (Lipinski definition) is 10. The topological polar surface area (TPSA) is 132 Å². The maximum Gasteiger partial charge on any atom is 0.303 e. The summed E-state index contributed by atoms with van der Waals surface area (Å²) in [6.07, 6.45) is -1.03. The first-order valence-electron chi connectivity index (χ1n) is 8.47. The Morgan fingerprint density at radius 2 is 1.46 bits per heavy atom. The molecule has 1 aliphatic heterocycles. The molecule has 2 heterocycles. The van der Waals surface area contributed by atoms with Gasteiger partial charge in [0.05, 0.1) is 6.33 Å². The van der Waals surface area contributed by atoms with Gasteiger partial charge in [-0.15, -0.1) is 0 Å². The van der Waals surface area contributed by atoms with Gasteiger partial charge in [-0.05, 0) is 0 Å². The van der Waals surface area contributed by atoms with Crippen LogP contribution in [0.4, 0.5) is 0 Å². The summed E-state index contributed by atoms with van der Waals surface area (Å²) in [6, 6.07) is 0. The lowest BCUT2D eigenvalue weighted by molar-refractivity contribution is -0.268. The van der Waals surface area contributed by atoms with Crippen LogP contribution in [-0.2, 0) is 42.9 Å². The van der Waals surface area contributed by atoms with Crippen molar-refractivity contribution in [2.45, 2.75) is 58.3 Å². The molecule has 1 aliphatic rings. The van der Waals surface area contributed by atoms with Crippen LogP contribution in [0.2, 0.25) is 0 Å². The first-order chi connectivity index (χ1) is 13.2. The standard InChI is InChI=1S/C17H22N2O9/c1-9(20)24-7-13-14(25-10(2)21)15(26-11(3)22)16(27-12(4)23)17(28-13)19-6-5-18-8-19/h5-6,8,13-17H,7H2,1-4H3/t13-,14-,15+,16-,17?/m1/s1. The summed E-state index contributed by atoms with van der Waals surface area (Å²) in [7, 11) is 0. The Balaban J connectivity index is 2.45. The minimum atomic E-state index is -1.20. The van der Waals surface area contributed by atoms with Crippen molar-refractivity contribution in [1.82, 2.24) is 9.55 Å². The third-order valence-electron chi connectivity index (χ3n) is 3.79. The van der Waals surface area contributed by atoms with E-state index < -0.39 is 54.5 Å². The molecule has 5 atom stereocenters. The Hall–Kier alpha value is -2.95. The number of ether oxygens (including phenoxy) is 5. The predicted octanol–water partition coefficient (Wildman–Crippen LogP) is 0.139. The number of esters is 4. The van der Waals surface area contributed by atoms with E-state index >= 15 is 0 Å². The summed E-state index contributed by atoms with van der Waals surface area (Å²) in [5.74, 6) is -2.59. The van der Waals surface area contributed by atoms with Crippen LogP contribution in [0.1, 0.15) is 33.9 Å². The van der Waals surface area contributed by atoms with E-state index in [1.807, 2.05) is 0 Å². The molecular weight excluding hydrogens is 376 g/mol.